The number of carbonyl (C=O) groups excluding carboxylic acids is 3. The SMILES string of the molecule is CCN(CC)Cc1cc(N(C)C)c2c(c1O)C(O)=C1C(=O)[C@]3(O)C(O)=C(C(N)=O)C(=O)[C@H](N(C)C)[C@@H]3C[C@@H]1C2. The molecule has 1 amide bonds. The lowest BCUT2D eigenvalue weighted by Crippen LogP contribution is -2.65. The maximum absolute atomic E-state index is 14.0. The van der Waals surface area contributed by atoms with Crippen LogP contribution in [0.5, 0.6) is 5.75 Å². The molecule has 1 aromatic rings. The summed E-state index contributed by atoms with van der Waals surface area (Å²) >= 11 is 0. The van der Waals surface area contributed by atoms with Gasteiger partial charge in [-0.05, 0) is 57.6 Å². The molecule has 1 saturated carbocycles. The average Bonchev–Trinajstić information content (AvgIpc) is 2.85. The van der Waals surface area contributed by atoms with Crippen molar-refractivity contribution in [1.29, 1.82) is 0 Å². The van der Waals surface area contributed by atoms with Gasteiger partial charge < -0.3 is 31.1 Å². The van der Waals surface area contributed by atoms with Crippen LogP contribution in [0.25, 0.3) is 5.76 Å². The number of carbonyl (C=O) groups is 3. The number of rotatable bonds is 7. The number of likely N-dealkylation sites (N-methyl/N-ethyl adjacent to an activating group) is 1. The molecule has 0 heterocycles. The molecule has 1 aromatic carbocycles. The molecule has 212 valence electrons. The second-order valence-corrected chi connectivity index (χ2v) is 11.1. The highest BCUT2D eigenvalue weighted by Gasteiger charge is 2.64. The van der Waals surface area contributed by atoms with Crippen molar-refractivity contribution in [1.82, 2.24) is 9.80 Å². The Morgan fingerprint density at radius 1 is 1.10 bits per heavy atom. The van der Waals surface area contributed by atoms with E-state index in [2.05, 4.69) is 4.90 Å². The van der Waals surface area contributed by atoms with E-state index < -0.39 is 58.0 Å². The Hall–Kier alpha value is -3.41. The van der Waals surface area contributed by atoms with Crippen molar-refractivity contribution in [3.63, 3.8) is 0 Å². The minimum Gasteiger partial charge on any atom is -0.508 e. The lowest BCUT2D eigenvalue weighted by molar-refractivity contribution is -0.153. The lowest BCUT2D eigenvalue weighted by Gasteiger charge is -2.50. The fourth-order valence-electron chi connectivity index (χ4n) is 6.55. The van der Waals surface area contributed by atoms with Gasteiger partial charge >= 0.3 is 0 Å². The van der Waals surface area contributed by atoms with Gasteiger partial charge in [-0.3, -0.25) is 24.2 Å². The Kier molecular flexibility index (Phi) is 7.30. The maximum Gasteiger partial charge on any atom is 0.255 e. The number of primary amides is 1. The van der Waals surface area contributed by atoms with Crippen LogP contribution >= 0.6 is 0 Å². The van der Waals surface area contributed by atoms with Gasteiger partial charge in [-0.15, -0.1) is 0 Å². The van der Waals surface area contributed by atoms with E-state index in [0.717, 1.165) is 18.8 Å². The van der Waals surface area contributed by atoms with Gasteiger partial charge in [0.15, 0.2) is 11.4 Å². The number of amides is 1. The van der Waals surface area contributed by atoms with Crippen molar-refractivity contribution < 1.29 is 34.8 Å². The van der Waals surface area contributed by atoms with Gasteiger partial charge in [0.25, 0.3) is 5.91 Å². The number of Topliss-reactive ketones (excluding diaryl/α,β-unsaturated/α-hetero) is 2. The van der Waals surface area contributed by atoms with Crippen LogP contribution in [0.2, 0.25) is 0 Å². The number of nitrogens with two attached hydrogens (primary N) is 1. The zero-order valence-corrected chi connectivity index (χ0v) is 23.3. The summed E-state index contributed by atoms with van der Waals surface area (Å²) in [4.78, 5) is 44.9. The third kappa shape index (κ3) is 4.11. The zero-order chi connectivity index (χ0) is 29.1. The molecule has 11 nitrogen and oxygen atoms in total. The van der Waals surface area contributed by atoms with Gasteiger partial charge in [-0.2, -0.15) is 0 Å². The van der Waals surface area contributed by atoms with Gasteiger partial charge in [0, 0.05) is 43.4 Å². The van der Waals surface area contributed by atoms with Gasteiger partial charge in [0.2, 0.25) is 5.78 Å². The van der Waals surface area contributed by atoms with Crippen molar-refractivity contribution in [2.75, 3.05) is 46.2 Å². The summed E-state index contributed by atoms with van der Waals surface area (Å²) in [5.41, 5.74) is 3.85. The molecule has 3 aliphatic carbocycles. The number of aliphatic hydroxyl groups excluding tert-OH is 2. The highest BCUT2D eigenvalue weighted by molar-refractivity contribution is 6.24. The summed E-state index contributed by atoms with van der Waals surface area (Å²) in [5, 5.41) is 45.7. The van der Waals surface area contributed by atoms with E-state index in [0.29, 0.717) is 17.7 Å². The number of anilines is 1. The van der Waals surface area contributed by atoms with Gasteiger partial charge in [-0.1, -0.05) is 13.8 Å². The molecular formula is C28H38N4O7. The number of aliphatic hydroxyl groups is 3. The summed E-state index contributed by atoms with van der Waals surface area (Å²) in [6.45, 7) is 5.91. The smallest absolute Gasteiger partial charge is 0.255 e. The highest BCUT2D eigenvalue weighted by atomic mass is 16.3. The molecule has 0 radical (unpaired) electrons. The van der Waals surface area contributed by atoms with Crippen LogP contribution in [0.1, 0.15) is 37.0 Å². The van der Waals surface area contributed by atoms with Crippen LogP contribution < -0.4 is 10.6 Å². The Labute approximate surface area is 227 Å². The standard InChI is InChI=1S/C28H38N4O7/c1-7-32(8-2)12-14-11-17(30(3)4)15-9-13-10-16-21(31(5)6)24(35)20(27(29)38)26(37)28(16,39)25(36)18(13)23(34)19(15)22(14)33/h11,13,16,21,33-34,37,39H,7-10,12H2,1-6H3,(H2,29,38)/t13-,16-,21+,28-/m0/s1. The van der Waals surface area contributed by atoms with E-state index in [9.17, 15) is 34.8 Å². The van der Waals surface area contributed by atoms with Crippen molar-refractivity contribution in [3.05, 3.63) is 39.7 Å². The van der Waals surface area contributed by atoms with Crippen molar-refractivity contribution in [2.45, 2.75) is 44.9 Å². The molecular weight excluding hydrogens is 504 g/mol. The predicted octanol–water partition coefficient (Wildman–Crippen LogP) is 0.872. The molecule has 11 heteroatoms. The number of nitrogens with zero attached hydrogens (tertiary/aromatic N) is 3. The maximum atomic E-state index is 14.0. The van der Waals surface area contributed by atoms with Crippen LogP contribution in [0.15, 0.2) is 23.0 Å². The molecule has 39 heavy (non-hydrogen) atoms. The van der Waals surface area contributed by atoms with Gasteiger partial charge in [0.1, 0.15) is 22.8 Å². The molecule has 3 aliphatic rings. The monoisotopic (exact) mass is 542 g/mol. The van der Waals surface area contributed by atoms with E-state index in [1.54, 1.807) is 14.1 Å². The van der Waals surface area contributed by atoms with E-state index in [1.807, 2.05) is 38.9 Å². The fourth-order valence-corrected chi connectivity index (χ4v) is 6.55. The van der Waals surface area contributed by atoms with Gasteiger partial charge in [0.05, 0.1) is 11.6 Å². The quantitative estimate of drug-likeness (QED) is 0.312. The largest absolute Gasteiger partial charge is 0.508 e. The summed E-state index contributed by atoms with van der Waals surface area (Å²) in [5.74, 6) is -6.48. The molecule has 6 N–H and O–H groups in total. The number of benzene rings is 1. The molecule has 1 fully saturated rings. The molecule has 0 saturated heterocycles. The summed E-state index contributed by atoms with van der Waals surface area (Å²) in [6, 6.07) is 0.771. The Bertz CT molecular complexity index is 1310. The third-order valence-electron chi connectivity index (χ3n) is 8.55. The second kappa shape index (κ2) is 9.96. The molecule has 0 aliphatic heterocycles. The number of aromatic hydroxyl groups is 1. The molecule has 0 aromatic heterocycles. The highest BCUT2D eigenvalue weighted by Crippen LogP contribution is 2.54. The van der Waals surface area contributed by atoms with Crippen LogP contribution in [0, 0.1) is 11.8 Å². The minimum absolute atomic E-state index is 0.0561. The molecule has 0 spiro atoms. The normalized spacial score (nSPS) is 26.6. The topological polar surface area (TPSA) is 168 Å². The Morgan fingerprint density at radius 2 is 1.72 bits per heavy atom. The van der Waals surface area contributed by atoms with Crippen LogP contribution in [-0.2, 0) is 27.3 Å². The predicted molar refractivity (Wildman–Crippen MR) is 145 cm³/mol. The number of hydrogen-bond donors (Lipinski definition) is 5. The van der Waals surface area contributed by atoms with E-state index in [-0.39, 0.29) is 29.7 Å². The number of phenolic OH excluding ortho intramolecular Hbond substituents is 1. The minimum atomic E-state index is -2.65. The first-order chi connectivity index (χ1) is 18.2. The molecule has 4 rings (SSSR count). The first-order valence-corrected chi connectivity index (χ1v) is 13.1. The summed E-state index contributed by atoms with van der Waals surface area (Å²) < 4.78 is 0. The van der Waals surface area contributed by atoms with Crippen LogP contribution in [0.4, 0.5) is 5.69 Å². The van der Waals surface area contributed by atoms with Crippen molar-refractivity contribution in [2.24, 2.45) is 17.6 Å². The Balaban J connectivity index is 1.97. The lowest BCUT2D eigenvalue weighted by atomic mass is 9.57. The second-order valence-electron chi connectivity index (χ2n) is 11.1. The van der Waals surface area contributed by atoms with E-state index >= 15 is 0 Å². The van der Waals surface area contributed by atoms with E-state index in [1.165, 1.54) is 4.90 Å². The molecule has 4 atom stereocenters. The fraction of sp³-hybridized carbons (Fsp3) is 0.536. The zero-order valence-electron chi connectivity index (χ0n) is 23.3. The molecule has 0 unspecified atom stereocenters. The van der Waals surface area contributed by atoms with Crippen molar-refractivity contribution >= 4 is 28.9 Å². The number of phenols is 1. The van der Waals surface area contributed by atoms with Crippen LogP contribution in [0.3, 0.4) is 0 Å². The van der Waals surface area contributed by atoms with E-state index in [4.69, 9.17) is 5.73 Å². The average molecular weight is 543 g/mol. The third-order valence-corrected chi connectivity index (χ3v) is 8.55. The summed E-state index contributed by atoms with van der Waals surface area (Å²) in [7, 11) is 6.86. The first kappa shape index (κ1) is 28.6. The number of ketones is 2. The van der Waals surface area contributed by atoms with Gasteiger partial charge in [-0.25, -0.2) is 0 Å². The Morgan fingerprint density at radius 3 is 2.23 bits per heavy atom. The van der Waals surface area contributed by atoms with Crippen LogP contribution in [-0.4, -0.2) is 101 Å². The van der Waals surface area contributed by atoms with Crippen molar-refractivity contribution in [3.8, 4) is 5.75 Å². The molecule has 0 bridgehead atoms. The number of fused-ring (bicyclic) bond motifs is 3. The summed E-state index contributed by atoms with van der Waals surface area (Å²) in [6.07, 6.45) is 0.307. The number of hydrogen-bond acceptors (Lipinski definition) is 10. The first-order valence-electron chi connectivity index (χ1n) is 13.1.